The molecule has 7 nitrogen and oxygen atoms in total. The third-order valence-corrected chi connectivity index (χ3v) is 6.46. The fraction of sp³-hybridized carbons (Fsp3) is 0.650. The minimum absolute atomic E-state index is 0.126. The van der Waals surface area contributed by atoms with Gasteiger partial charge in [0.15, 0.2) is 0 Å². The highest BCUT2D eigenvalue weighted by molar-refractivity contribution is 5.83. The van der Waals surface area contributed by atoms with Gasteiger partial charge in [-0.2, -0.15) is 0 Å². The molecule has 2 aliphatic rings. The summed E-state index contributed by atoms with van der Waals surface area (Å²) in [5.74, 6) is 1.91. The highest BCUT2D eigenvalue weighted by atomic mass is 16.5. The van der Waals surface area contributed by atoms with Gasteiger partial charge in [-0.15, -0.1) is 0 Å². The Morgan fingerprint density at radius 2 is 1.56 bits per heavy atom. The van der Waals surface area contributed by atoms with Crippen molar-refractivity contribution in [1.29, 1.82) is 0 Å². The van der Waals surface area contributed by atoms with Crippen LogP contribution in [0.15, 0.2) is 9.05 Å². The molecule has 4 rings (SSSR count). The highest BCUT2D eigenvalue weighted by Gasteiger charge is 2.58. The zero-order valence-corrected chi connectivity index (χ0v) is 16.6. The van der Waals surface area contributed by atoms with Crippen molar-refractivity contribution in [2.24, 2.45) is 11.3 Å². The lowest BCUT2D eigenvalue weighted by Gasteiger charge is -2.27. The maximum absolute atomic E-state index is 13.5. The van der Waals surface area contributed by atoms with E-state index in [9.17, 15) is 4.79 Å². The quantitative estimate of drug-likeness (QED) is 0.869. The lowest BCUT2D eigenvalue weighted by Crippen LogP contribution is -2.36. The second-order valence-corrected chi connectivity index (χ2v) is 8.17. The van der Waals surface area contributed by atoms with E-state index in [1.165, 1.54) is 0 Å². The van der Waals surface area contributed by atoms with E-state index in [2.05, 4.69) is 15.6 Å². The number of carbonyl (C=O) groups excluding carboxylic acids is 1. The van der Waals surface area contributed by atoms with Crippen LogP contribution in [0.5, 0.6) is 0 Å². The lowest BCUT2D eigenvalue weighted by atomic mass is 9.91. The number of carbonyl (C=O) groups is 1. The molecular formula is C20H28N4O3. The predicted molar refractivity (Wildman–Crippen MR) is 98.9 cm³/mol. The summed E-state index contributed by atoms with van der Waals surface area (Å²) >= 11 is 0. The SMILES string of the molecule is Cc1noc(C)c1CN(Cc1c(C)noc1C)C(=O)C1CC12CCNCC2. The molecule has 1 atom stereocenters. The van der Waals surface area contributed by atoms with Crippen LogP contribution in [-0.2, 0) is 17.9 Å². The Balaban J connectivity index is 1.59. The van der Waals surface area contributed by atoms with Crippen molar-refractivity contribution in [3.63, 3.8) is 0 Å². The first kappa shape index (κ1) is 18.2. The zero-order valence-electron chi connectivity index (χ0n) is 16.6. The third-order valence-electron chi connectivity index (χ3n) is 6.46. The summed E-state index contributed by atoms with van der Waals surface area (Å²) in [5, 5.41) is 11.5. The average Bonchev–Trinajstić information content (AvgIpc) is 3.12. The highest BCUT2D eigenvalue weighted by Crippen LogP contribution is 2.59. The average molecular weight is 372 g/mol. The van der Waals surface area contributed by atoms with E-state index in [4.69, 9.17) is 9.05 Å². The number of piperidine rings is 1. The first-order valence-electron chi connectivity index (χ1n) is 9.74. The van der Waals surface area contributed by atoms with Crippen LogP contribution in [0.2, 0.25) is 0 Å². The molecule has 3 heterocycles. The van der Waals surface area contributed by atoms with Crippen molar-refractivity contribution in [2.75, 3.05) is 13.1 Å². The summed E-state index contributed by atoms with van der Waals surface area (Å²) in [4.78, 5) is 15.4. The van der Waals surface area contributed by atoms with Crippen LogP contribution < -0.4 is 5.32 Å². The van der Waals surface area contributed by atoms with Crippen LogP contribution in [0.25, 0.3) is 0 Å². The van der Waals surface area contributed by atoms with E-state index >= 15 is 0 Å². The van der Waals surface area contributed by atoms with Crippen LogP contribution in [0.3, 0.4) is 0 Å². The number of hydrogen-bond acceptors (Lipinski definition) is 6. The molecule has 0 aromatic carbocycles. The van der Waals surface area contributed by atoms with Gasteiger partial charge in [-0.05, 0) is 65.5 Å². The largest absolute Gasteiger partial charge is 0.361 e. The molecule has 7 heteroatoms. The van der Waals surface area contributed by atoms with E-state index < -0.39 is 0 Å². The van der Waals surface area contributed by atoms with Crippen molar-refractivity contribution in [3.8, 4) is 0 Å². The second-order valence-electron chi connectivity index (χ2n) is 8.17. The van der Waals surface area contributed by atoms with Crippen molar-refractivity contribution in [1.82, 2.24) is 20.5 Å². The molecule has 2 fully saturated rings. The molecule has 1 aliphatic heterocycles. The summed E-state index contributed by atoms with van der Waals surface area (Å²) in [6.45, 7) is 10.7. The molecule has 1 aliphatic carbocycles. The molecule has 1 unspecified atom stereocenters. The molecule has 0 bridgehead atoms. The van der Waals surface area contributed by atoms with Gasteiger partial charge in [0.05, 0.1) is 24.5 Å². The number of amides is 1. The Labute approximate surface area is 159 Å². The monoisotopic (exact) mass is 372 g/mol. The minimum Gasteiger partial charge on any atom is -0.361 e. The second kappa shape index (κ2) is 6.78. The van der Waals surface area contributed by atoms with Gasteiger partial charge in [-0.1, -0.05) is 10.3 Å². The lowest BCUT2D eigenvalue weighted by molar-refractivity contribution is -0.135. The molecule has 1 N–H and O–H groups in total. The van der Waals surface area contributed by atoms with Crippen LogP contribution in [0.1, 0.15) is 53.3 Å². The number of nitrogens with zero attached hydrogens (tertiary/aromatic N) is 3. The zero-order chi connectivity index (χ0) is 19.2. The number of aryl methyl sites for hydroxylation is 4. The standard InChI is InChI=1S/C20H28N4O3/c1-12-16(14(3)26-22-12)10-24(11-17-13(2)23-27-15(17)4)19(25)18-9-20(18)5-7-21-8-6-20/h18,21H,5-11H2,1-4H3. The Hall–Kier alpha value is -2.15. The molecule has 1 saturated carbocycles. The third kappa shape index (κ3) is 3.29. The summed E-state index contributed by atoms with van der Waals surface area (Å²) < 4.78 is 10.6. The molecular weight excluding hydrogens is 344 g/mol. The van der Waals surface area contributed by atoms with E-state index in [1.807, 2.05) is 32.6 Å². The molecule has 1 amide bonds. The van der Waals surface area contributed by atoms with Gasteiger partial charge in [0.2, 0.25) is 5.91 Å². The van der Waals surface area contributed by atoms with Crippen molar-refractivity contribution in [2.45, 2.75) is 60.0 Å². The van der Waals surface area contributed by atoms with Crippen LogP contribution in [0.4, 0.5) is 0 Å². The Morgan fingerprint density at radius 1 is 1.04 bits per heavy atom. The van der Waals surface area contributed by atoms with E-state index in [0.29, 0.717) is 13.1 Å². The van der Waals surface area contributed by atoms with Gasteiger partial charge >= 0.3 is 0 Å². The molecule has 0 radical (unpaired) electrons. The molecule has 146 valence electrons. The van der Waals surface area contributed by atoms with Gasteiger partial charge in [0.1, 0.15) is 11.5 Å². The fourth-order valence-corrected chi connectivity index (χ4v) is 4.44. The Morgan fingerprint density at radius 3 is 2.00 bits per heavy atom. The first-order valence-corrected chi connectivity index (χ1v) is 9.74. The van der Waals surface area contributed by atoms with Gasteiger partial charge in [-0.25, -0.2) is 0 Å². The van der Waals surface area contributed by atoms with Crippen molar-refractivity contribution < 1.29 is 13.8 Å². The maximum Gasteiger partial charge on any atom is 0.226 e. The number of hydrogen-bond donors (Lipinski definition) is 1. The number of nitrogens with one attached hydrogen (secondary N) is 1. The van der Waals surface area contributed by atoms with Crippen molar-refractivity contribution in [3.05, 3.63) is 34.0 Å². The normalized spacial score (nSPS) is 20.8. The molecule has 2 aromatic rings. The van der Waals surface area contributed by atoms with E-state index in [1.54, 1.807) is 0 Å². The van der Waals surface area contributed by atoms with Gasteiger partial charge in [0.25, 0.3) is 0 Å². The van der Waals surface area contributed by atoms with Gasteiger partial charge in [-0.3, -0.25) is 4.79 Å². The molecule has 1 spiro atoms. The summed E-state index contributed by atoms with van der Waals surface area (Å²) in [6.07, 6.45) is 3.19. The number of aromatic nitrogens is 2. The number of rotatable bonds is 5. The first-order chi connectivity index (χ1) is 12.9. The minimum atomic E-state index is 0.126. The smallest absolute Gasteiger partial charge is 0.226 e. The van der Waals surface area contributed by atoms with Crippen LogP contribution >= 0.6 is 0 Å². The van der Waals surface area contributed by atoms with Crippen molar-refractivity contribution >= 4 is 5.91 Å². The van der Waals surface area contributed by atoms with Gasteiger partial charge in [0, 0.05) is 17.0 Å². The Kier molecular flexibility index (Phi) is 4.58. The van der Waals surface area contributed by atoms with Crippen LogP contribution in [-0.4, -0.2) is 34.2 Å². The van der Waals surface area contributed by atoms with Gasteiger partial charge < -0.3 is 19.3 Å². The topological polar surface area (TPSA) is 84.4 Å². The Bertz CT molecular complexity index is 760. The predicted octanol–water partition coefficient (Wildman–Crippen LogP) is 2.81. The molecule has 2 aromatic heterocycles. The molecule has 1 saturated heterocycles. The summed E-state index contributed by atoms with van der Waals surface area (Å²) in [7, 11) is 0. The fourth-order valence-electron chi connectivity index (χ4n) is 4.44. The van der Waals surface area contributed by atoms with Crippen LogP contribution in [0, 0.1) is 39.0 Å². The van der Waals surface area contributed by atoms with E-state index in [-0.39, 0.29) is 17.2 Å². The van der Waals surface area contributed by atoms with E-state index in [0.717, 1.165) is 66.4 Å². The maximum atomic E-state index is 13.5. The summed E-state index contributed by atoms with van der Waals surface area (Å²) in [6, 6.07) is 0. The summed E-state index contributed by atoms with van der Waals surface area (Å²) in [5.41, 5.74) is 3.89. The molecule has 27 heavy (non-hydrogen) atoms.